The zero-order valence-electron chi connectivity index (χ0n) is 7.52. The van der Waals surface area contributed by atoms with Gasteiger partial charge in [-0.15, -0.1) is 0 Å². The molecule has 0 aliphatic carbocycles. The summed E-state index contributed by atoms with van der Waals surface area (Å²) in [7, 11) is 0. The van der Waals surface area contributed by atoms with Crippen molar-refractivity contribution in [3.8, 4) is 17.2 Å². The zero-order chi connectivity index (χ0) is 9.30. The van der Waals surface area contributed by atoms with Crippen LogP contribution in [0.15, 0.2) is 12.1 Å². The molecule has 0 fully saturated rings. The van der Waals surface area contributed by atoms with Crippen molar-refractivity contribution in [2.75, 3.05) is 0 Å². The molecule has 0 amide bonds. The van der Waals surface area contributed by atoms with E-state index >= 15 is 0 Å². The van der Waals surface area contributed by atoms with Crippen LogP contribution in [0.2, 0.25) is 0 Å². The third-order valence-electron chi connectivity index (χ3n) is 1.31. The topological polar surface area (TPSA) is 101 Å². The predicted octanol–water partition coefficient (Wildman–Crippen LogP) is -5.01. The van der Waals surface area contributed by atoms with E-state index in [9.17, 15) is 9.90 Å². The van der Waals surface area contributed by atoms with Crippen molar-refractivity contribution in [3.63, 3.8) is 0 Å². The van der Waals surface area contributed by atoms with Crippen LogP contribution in [0, 0.1) is 0 Å². The molecule has 3 N–H and O–H groups in total. The Balaban J connectivity index is 0. The standard InChI is InChI=1S/C7H6O5.Na.Sb.3H/c8-4-1-3(7(11)12)2-5(9)6(4)10;;;;;/h1-2,8-10H,(H,11,12);;;;;/q;+1;;;;/p-1. The molecular weight excluding hydrogens is 309 g/mol. The predicted molar refractivity (Wildman–Crippen MR) is 45.7 cm³/mol. The SMILES string of the molecule is O=C([O-])c1cc(O)c(O)c(O)c1.[Na+].[SbH3]. The molecule has 1 rings (SSSR count). The Bertz CT molecular complexity index is 318. The number of aromatic hydroxyl groups is 3. The van der Waals surface area contributed by atoms with Crippen LogP contribution in [0.5, 0.6) is 17.2 Å². The van der Waals surface area contributed by atoms with Gasteiger partial charge in [0.2, 0.25) is 0 Å². The summed E-state index contributed by atoms with van der Waals surface area (Å²) < 4.78 is 0. The summed E-state index contributed by atoms with van der Waals surface area (Å²) >= 11 is 0. The van der Waals surface area contributed by atoms with Crippen LogP contribution in [-0.4, -0.2) is 45.7 Å². The number of carboxylic acids is 1. The van der Waals surface area contributed by atoms with Gasteiger partial charge in [-0.05, 0) is 12.1 Å². The van der Waals surface area contributed by atoms with E-state index in [-0.39, 0.29) is 54.0 Å². The molecule has 0 atom stereocenters. The number of carbonyl (C=O) groups is 1. The Hall–Kier alpha value is -0.0918. The van der Waals surface area contributed by atoms with E-state index in [0.29, 0.717) is 0 Å². The Morgan fingerprint density at radius 2 is 1.50 bits per heavy atom. The second-order valence-electron chi connectivity index (χ2n) is 2.15. The van der Waals surface area contributed by atoms with Gasteiger partial charge < -0.3 is 25.2 Å². The minimum atomic E-state index is -1.54. The second kappa shape index (κ2) is 6.40. The van der Waals surface area contributed by atoms with Crippen molar-refractivity contribution in [2.24, 2.45) is 0 Å². The van der Waals surface area contributed by atoms with Gasteiger partial charge in [0, 0.05) is 5.56 Å². The zero-order valence-corrected chi connectivity index (χ0v) is 13.6. The van der Waals surface area contributed by atoms with E-state index in [1.165, 1.54) is 0 Å². The Kier molecular flexibility index (Phi) is 7.47. The van der Waals surface area contributed by atoms with Crippen LogP contribution < -0.4 is 34.7 Å². The number of carboxylic acid groups (broad SMARTS) is 1. The quantitative estimate of drug-likeness (QED) is 0.356. The average molecular weight is 317 g/mol. The summed E-state index contributed by atoms with van der Waals surface area (Å²) in [6.07, 6.45) is 0. The maximum absolute atomic E-state index is 10.2. The molecule has 5 nitrogen and oxygen atoms in total. The molecule has 0 unspecified atom stereocenters. The van der Waals surface area contributed by atoms with Crippen LogP contribution in [-0.2, 0) is 0 Å². The first kappa shape index (κ1) is 16.3. The maximum atomic E-state index is 10.2. The van der Waals surface area contributed by atoms with Gasteiger partial charge in [0.05, 0.1) is 5.97 Å². The van der Waals surface area contributed by atoms with Gasteiger partial charge in [0.15, 0.2) is 17.2 Å². The fraction of sp³-hybridized carbons (Fsp3) is 0. The molecule has 7 heteroatoms. The summed E-state index contributed by atoms with van der Waals surface area (Å²) in [6, 6.07) is 1.56. The Labute approximate surface area is 119 Å². The minimum absolute atomic E-state index is 0. The van der Waals surface area contributed by atoms with Gasteiger partial charge >= 0.3 is 54.0 Å². The van der Waals surface area contributed by atoms with Crippen LogP contribution in [0.4, 0.5) is 0 Å². The van der Waals surface area contributed by atoms with E-state index in [1.54, 1.807) is 0 Å². The first-order valence-electron chi connectivity index (χ1n) is 2.98. The molecule has 0 spiro atoms. The molecular formula is C7H8NaO5Sb. The van der Waals surface area contributed by atoms with Gasteiger partial charge in [0.1, 0.15) is 0 Å². The number of rotatable bonds is 1. The number of hydrogen-bond donors (Lipinski definition) is 3. The van der Waals surface area contributed by atoms with Crippen molar-refractivity contribution >= 4 is 30.4 Å². The molecule has 0 heterocycles. The van der Waals surface area contributed by atoms with Gasteiger partial charge in [0.25, 0.3) is 0 Å². The number of phenolic OH excluding ortho intramolecular Hbond substituents is 3. The number of hydrogen-bond acceptors (Lipinski definition) is 5. The number of benzene rings is 1. The summed E-state index contributed by atoms with van der Waals surface area (Å²) in [6.45, 7) is 0. The number of aromatic carboxylic acids is 1. The average Bonchev–Trinajstić information content (AvgIpc) is 1.99. The van der Waals surface area contributed by atoms with E-state index in [1.807, 2.05) is 0 Å². The fourth-order valence-corrected chi connectivity index (χ4v) is 0.722. The van der Waals surface area contributed by atoms with Gasteiger partial charge in [-0.1, -0.05) is 0 Å². The molecule has 0 saturated carbocycles. The van der Waals surface area contributed by atoms with Crippen LogP contribution in [0.25, 0.3) is 0 Å². The van der Waals surface area contributed by atoms with Crippen molar-refractivity contribution in [1.29, 1.82) is 0 Å². The molecule has 1 aromatic carbocycles. The Morgan fingerprint density at radius 1 is 1.14 bits per heavy atom. The molecule has 0 aliphatic rings. The van der Waals surface area contributed by atoms with E-state index in [2.05, 4.69) is 0 Å². The molecule has 0 aromatic heterocycles. The van der Waals surface area contributed by atoms with E-state index in [4.69, 9.17) is 15.3 Å². The second-order valence-corrected chi connectivity index (χ2v) is 2.15. The van der Waals surface area contributed by atoms with Gasteiger partial charge in [-0.25, -0.2) is 0 Å². The monoisotopic (exact) mass is 316 g/mol. The van der Waals surface area contributed by atoms with E-state index in [0.717, 1.165) is 12.1 Å². The number of phenols is 3. The molecule has 1 aromatic rings. The third-order valence-corrected chi connectivity index (χ3v) is 1.31. The molecule has 0 aliphatic heterocycles. The van der Waals surface area contributed by atoms with E-state index < -0.39 is 28.8 Å². The van der Waals surface area contributed by atoms with Crippen molar-refractivity contribution < 1.29 is 54.8 Å². The van der Waals surface area contributed by atoms with Crippen LogP contribution in [0.3, 0.4) is 0 Å². The summed E-state index contributed by atoms with van der Waals surface area (Å²) in [5.74, 6) is -3.69. The molecule has 14 heavy (non-hydrogen) atoms. The summed E-state index contributed by atoms with van der Waals surface area (Å²) in [5.41, 5.74) is -0.400. The first-order valence-corrected chi connectivity index (χ1v) is 2.98. The van der Waals surface area contributed by atoms with Crippen LogP contribution >= 0.6 is 0 Å². The van der Waals surface area contributed by atoms with Crippen molar-refractivity contribution in [2.45, 2.75) is 0 Å². The molecule has 0 radical (unpaired) electrons. The van der Waals surface area contributed by atoms with Gasteiger partial charge in [-0.2, -0.15) is 0 Å². The first-order chi connectivity index (χ1) is 5.52. The number of carbonyl (C=O) groups excluding carboxylic acids is 1. The van der Waals surface area contributed by atoms with Gasteiger partial charge in [-0.3, -0.25) is 0 Å². The van der Waals surface area contributed by atoms with Crippen molar-refractivity contribution in [1.82, 2.24) is 0 Å². The third kappa shape index (κ3) is 3.58. The van der Waals surface area contributed by atoms with Crippen LogP contribution in [0.1, 0.15) is 10.4 Å². The molecule has 0 bridgehead atoms. The molecule has 72 valence electrons. The normalized spacial score (nSPS) is 8.29. The Morgan fingerprint density at radius 3 is 1.79 bits per heavy atom. The summed E-state index contributed by atoms with van der Waals surface area (Å²) in [4.78, 5) is 10.2. The van der Waals surface area contributed by atoms with Crippen molar-refractivity contribution in [3.05, 3.63) is 17.7 Å². The summed E-state index contributed by atoms with van der Waals surface area (Å²) in [5, 5.41) is 36.7. The fourth-order valence-electron chi connectivity index (χ4n) is 0.722. The molecule has 0 saturated heterocycles.